The first-order valence-corrected chi connectivity index (χ1v) is 11.6. The van der Waals surface area contributed by atoms with Crippen LogP contribution in [0.2, 0.25) is 5.02 Å². The van der Waals surface area contributed by atoms with Crippen molar-refractivity contribution in [2.75, 3.05) is 17.7 Å². The average molecular weight is 479 g/mol. The lowest BCUT2D eigenvalue weighted by atomic mass is 10.2. The third-order valence-corrected chi connectivity index (χ3v) is 6.21. The van der Waals surface area contributed by atoms with Gasteiger partial charge in [-0.25, -0.2) is 0 Å². The minimum Gasteiger partial charge on any atom is -0.485 e. The zero-order chi connectivity index (χ0) is 22.6. The number of fused-ring (bicyclic) bond motifs is 1. The second-order valence-electron chi connectivity index (χ2n) is 7.19. The van der Waals surface area contributed by atoms with Gasteiger partial charge < -0.3 is 14.8 Å². The summed E-state index contributed by atoms with van der Waals surface area (Å²) in [5.41, 5.74) is 1.44. The van der Waals surface area contributed by atoms with Gasteiger partial charge >= 0.3 is 0 Å². The smallest absolute Gasteiger partial charge is 0.234 e. The SMILES string of the molecule is O=C(CSc1nnc([C@@H]2COc3ccccc3O2)n1-c1ccccc1)Nc1ccccc1Cl. The summed E-state index contributed by atoms with van der Waals surface area (Å²) < 4.78 is 13.9. The highest BCUT2D eigenvalue weighted by atomic mass is 35.5. The van der Waals surface area contributed by atoms with E-state index in [1.54, 1.807) is 12.1 Å². The molecule has 0 radical (unpaired) electrons. The molecular weight excluding hydrogens is 460 g/mol. The summed E-state index contributed by atoms with van der Waals surface area (Å²) in [6, 6.07) is 24.4. The zero-order valence-electron chi connectivity index (χ0n) is 17.3. The van der Waals surface area contributed by atoms with E-state index < -0.39 is 6.10 Å². The van der Waals surface area contributed by atoms with Crippen molar-refractivity contribution in [2.45, 2.75) is 11.3 Å². The number of ether oxygens (including phenoxy) is 2. The van der Waals surface area contributed by atoms with Gasteiger partial charge in [-0.3, -0.25) is 9.36 Å². The molecule has 0 saturated carbocycles. The number of carbonyl (C=O) groups excluding carboxylic acids is 1. The molecule has 1 amide bonds. The van der Waals surface area contributed by atoms with E-state index in [2.05, 4.69) is 15.5 Å². The molecule has 166 valence electrons. The van der Waals surface area contributed by atoms with Gasteiger partial charge in [0.1, 0.15) is 6.61 Å². The van der Waals surface area contributed by atoms with Crippen molar-refractivity contribution in [2.24, 2.45) is 0 Å². The second-order valence-corrected chi connectivity index (χ2v) is 8.54. The van der Waals surface area contributed by atoms with Crippen molar-refractivity contribution < 1.29 is 14.3 Å². The summed E-state index contributed by atoms with van der Waals surface area (Å²) in [5, 5.41) is 12.6. The number of aromatic nitrogens is 3. The first-order chi connectivity index (χ1) is 16.2. The number of nitrogens with one attached hydrogen (secondary N) is 1. The number of carbonyl (C=O) groups is 1. The van der Waals surface area contributed by atoms with Gasteiger partial charge in [0, 0.05) is 5.69 Å². The molecule has 1 aromatic heterocycles. The molecule has 2 heterocycles. The number of amides is 1. The number of benzene rings is 3. The first-order valence-electron chi connectivity index (χ1n) is 10.3. The number of halogens is 1. The van der Waals surface area contributed by atoms with Crippen LogP contribution in [0.1, 0.15) is 11.9 Å². The Balaban J connectivity index is 1.39. The normalized spacial score (nSPS) is 14.6. The van der Waals surface area contributed by atoms with E-state index in [0.717, 1.165) is 5.69 Å². The first kappa shape index (κ1) is 21.4. The highest BCUT2D eigenvalue weighted by molar-refractivity contribution is 7.99. The van der Waals surface area contributed by atoms with E-state index in [1.807, 2.05) is 71.3 Å². The molecule has 1 N–H and O–H groups in total. The zero-order valence-corrected chi connectivity index (χ0v) is 18.9. The quantitative estimate of drug-likeness (QED) is 0.385. The Labute approximate surface area is 199 Å². The highest BCUT2D eigenvalue weighted by Crippen LogP contribution is 2.37. The fourth-order valence-electron chi connectivity index (χ4n) is 3.43. The third kappa shape index (κ3) is 4.67. The summed E-state index contributed by atoms with van der Waals surface area (Å²) in [5.74, 6) is 1.91. The van der Waals surface area contributed by atoms with Crippen molar-refractivity contribution in [3.05, 3.63) is 89.7 Å². The van der Waals surface area contributed by atoms with Crippen molar-refractivity contribution >= 4 is 35.0 Å². The minimum absolute atomic E-state index is 0.140. The monoisotopic (exact) mass is 478 g/mol. The molecule has 0 fully saturated rings. The number of hydrogen-bond donors (Lipinski definition) is 1. The Morgan fingerprint density at radius 3 is 2.55 bits per heavy atom. The molecular formula is C24H19ClN4O3S. The lowest BCUT2D eigenvalue weighted by Crippen LogP contribution is -2.24. The maximum atomic E-state index is 12.5. The van der Waals surface area contributed by atoms with Crippen LogP contribution in [-0.4, -0.2) is 33.0 Å². The van der Waals surface area contributed by atoms with Crippen molar-refractivity contribution in [3.63, 3.8) is 0 Å². The maximum Gasteiger partial charge on any atom is 0.234 e. The maximum absolute atomic E-state index is 12.5. The van der Waals surface area contributed by atoms with E-state index >= 15 is 0 Å². The molecule has 0 bridgehead atoms. The van der Waals surface area contributed by atoms with Gasteiger partial charge in [-0.2, -0.15) is 0 Å². The molecule has 4 aromatic rings. The summed E-state index contributed by atoms with van der Waals surface area (Å²) in [6.45, 7) is 0.305. The number of para-hydroxylation sites is 4. The molecule has 1 aliphatic rings. The Morgan fingerprint density at radius 2 is 1.73 bits per heavy atom. The fraction of sp³-hybridized carbons (Fsp3) is 0.125. The molecule has 1 aliphatic heterocycles. The number of nitrogens with zero attached hydrogens (tertiary/aromatic N) is 3. The van der Waals surface area contributed by atoms with Gasteiger partial charge in [0.2, 0.25) is 5.91 Å². The minimum atomic E-state index is -0.445. The number of rotatable bonds is 6. The van der Waals surface area contributed by atoms with E-state index in [-0.39, 0.29) is 11.7 Å². The van der Waals surface area contributed by atoms with Crippen molar-refractivity contribution in [3.8, 4) is 17.2 Å². The molecule has 0 saturated heterocycles. The second kappa shape index (κ2) is 9.56. The molecule has 1 atom stereocenters. The highest BCUT2D eigenvalue weighted by Gasteiger charge is 2.29. The van der Waals surface area contributed by atoms with Crippen LogP contribution in [-0.2, 0) is 4.79 Å². The molecule has 0 aliphatic carbocycles. The lowest BCUT2D eigenvalue weighted by molar-refractivity contribution is -0.113. The summed E-state index contributed by atoms with van der Waals surface area (Å²) in [7, 11) is 0. The Morgan fingerprint density at radius 1 is 1.00 bits per heavy atom. The van der Waals surface area contributed by atoms with Crippen LogP contribution in [0.3, 0.4) is 0 Å². The predicted octanol–water partition coefficient (Wildman–Crippen LogP) is 5.16. The van der Waals surface area contributed by atoms with Crippen LogP contribution in [0.5, 0.6) is 11.5 Å². The van der Waals surface area contributed by atoms with Crippen LogP contribution < -0.4 is 14.8 Å². The van der Waals surface area contributed by atoms with Gasteiger partial charge in [-0.05, 0) is 36.4 Å². The van der Waals surface area contributed by atoms with Gasteiger partial charge in [0.05, 0.1) is 16.5 Å². The standard InChI is InChI=1S/C24H19ClN4O3S/c25-17-10-4-5-11-18(17)26-22(30)15-33-24-28-27-23(29(24)16-8-2-1-3-9-16)21-14-31-19-12-6-7-13-20(19)32-21/h1-13,21H,14-15H2,(H,26,30)/t21-/m0/s1. The van der Waals surface area contributed by atoms with Gasteiger partial charge in [0.25, 0.3) is 0 Å². The van der Waals surface area contributed by atoms with Gasteiger partial charge in [-0.15, -0.1) is 10.2 Å². The Kier molecular flexibility index (Phi) is 6.19. The van der Waals surface area contributed by atoms with Crippen molar-refractivity contribution in [1.82, 2.24) is 14.8 Å². The largest absolute Gasteiger partial charge is 0.485 e. The van der Waals surface area contributed by atoms with Crippen LogP contribution in [0.4, 0.5) is 5.69 Å². The summed E-state index contributed by atoms with van der Waals surface area (Å²) in [4.78, 5) is 12.5. The molecule has 33 heavy (non-hydrogen) atoms. The average Bonchev–Trinajstić information content (AvgIpc) is 3.28. The molecule has 5 rings (SSSR count). The number of hydrogen-bond acceptors (Lipinski definition) is 6. The van der Waals surface area contributed by atoms with Crippen molar-refractivity contribution in [1.29, 1.82) is 0 Å². The molecule has 0 spiro atoms. The molecule has 9 heteroatoms. The van der Waals surface area contributed by atoms with Crippen LogP contribution in [0.15, 0.2) is 84.0 Å². The third-order valence-electron chi connectivity index (χ3n) is 4.95. The number of anilines is 1. The van der Waals surface area contributed by atoms with Crippen LogP contribution >= 0.6 is 23.4 Å². The Bertz CT molecular complexity index is 1280. The summed E-state index contributed by atoms with van der Waals surface area (Å²) >= 11 is 7.43. The predicted molar refractivity (Wildman–Crippen MR) is 127 cm³/mol. The Hall–Kier alpha value is -3.49. The molecule has 7 nitrogen and oxygen atoms in total. The van der Waals surface area contributed by atoms with E-state index in [4.69, 9.17) is 21.1 Å². The topological polar surface area (TPSA) is 78.3 Å². The van der Waals surface area contributed by atoms with Gasteiger partial charge in [-0.1, -0.05) is 65.8 Å². The summed E-state index contributed by atoms with van der Waals surface area (Å²) in [6.07, 6.45) is -0.445. The van der Waals surface area contributed by atoms with Gasteiger partial charge in [0.15, 0.2) is 28.6 Å². The lowest BCUT2D eigenvalue weighted by Gasteiger charge is -2.26. The fourth-order valence-corrected chi connectivity index (χ4v) is 4.37. The van der Waals surface area contributed by atoms with E-state index in [9.17, 15) is 4.79 Å². The van der Waals surface area contributed by atoms with Crippen LogP contribution in [0, 0.1) is 0 Å². The molecule has 3 aromatic carbocycles. The number of thioether (sulfide) groups is 1. The van der Waals surface area contributed by atoms with E-state index in [1.165, 1.54) is 11.8 Å². The molecule has 0 unspecified atom stereocenters. The van der Waals surface area contributed by atoms with Crippen LogP contribution in [0.25, 0.3) is 5.69 Å². The van der Waals surface area contributed by atoms with E-state index in [0.29, 0.717) is 39.8 Å².